The maximum Gasteiger partial charge on any atom is 0.225 e. The third kappa shape index (κ3) is 4.11. The maximum atomic E-state index is 12.9. The predicted molar refractivity (Wildman–Crippen MR) is 106 cm³/mol. The first-order valence-corrected chi connectivity index (χ1v) is 10.1. The zero-order chi connectivity index (χ0) is 20.4. The summed E-state index contributed by atoms with van der Waals surface area (Å²) >= 11 is 0. The van der Waals surface area contributed by atoms with Gasteiger partial charge < -0.3 is 15.0 Å². The molecule has 8 nitrogen and oxygen atoms in total. The van der Waals surface area contributed by atoms with Crippen LogP contribution in [0, 0.1) is 5.92 Å². The Morgan fingerprint density at radius 2 is 2.21 bits per heavy atom. The van der Waals surface area contributed by atoms with Crippen molar-refractivity contribution in [2.75, 3.05) is 13.6 Å². The molecule has 8 heteroatoms. The van der Waals surface area contributed by atoms with Crippen LogP contribution in [0.15, 0.2) is 36.9 Å². The summed E-state index contributed by atoms with van der Waals surface area (Å²) in [6.45, 7) is 3.02. The fourth-order valence-electron chi connectivity index (χ4n) is 4.20. The Bertz CT molecular complexity index is 884. The highest BCUT2D eigenvalue weighted by Gasteiger charge is 2.43. The molecule has 0 bridgehead atoms. The van der Waals surface area contributed by atoms with Crippen LogP contribution in [0.3, 0.4) is 0 Å². The number of hydrogen-bond donors (Lipinski definition) is 1. The van der Waals surface area contributed by atoms with E-state index in [-0.39, 0.29) is 23.8 Å². The quantitative estimate of drug-likeness (QED) is 0.852. The van der Waals surface area contributed by atoms with E-state index in [1.54, 1.807) is 15.9 Å². The normalized spacial score (nSPS) is 25.1. The summed E-state index contributed by atoms with van der Waals surface area (Å²) in [6.07, 6.45) is 5.61. The van der Waals surface area contributed by atoms with E-state index in [0.717, 1.165) is 17.7 Å². The molecule has 2 amide bonds. The van der Waals surface area contributed by atoms with Crippen molar-refractivity contribution in [3.63, 3.8) is 0 Å². The fraction of sp³-hybridized carbons (Fsp3) is 0.524. The first-order chi connectivity index (χ1) is 14.0. The Morgan fingerprint density at radius 3 is 3.00 bits per heavy atom. The number of carbonyl (C=O) groups is 2. The van der Waals surface area contributed by atoms with Crippen LogP contribution in [0.4, 0.5) is 0 Å². The first-order valence-electron chi connectivity index (χ1n) is 10.1. The van der Waals surface area contributed by atoms with Crippen molar-refractivity contribution < 1.29 is 14.3 Å². The molecule has 2 aromatic rings. The molecule has 154 valence electrons. The lowest BCUT2D eigenvalue weighted by Crippen LogP contribution is -2.46. The molecule has 1 fully saturated rings. The molecule has 1 N–H and O–H groups in total. The minimum absolute atomic E-state index is 0.0285. The number of aromatic nitrogens is 3. The summed E-state index contributed by atoms with van der Waals surface area (Å²) < 4.78 is 8.11. The van der Waals surface area contributed by atoms with Gasteiger partial charge in [0.05, 0.1) is 18.5 Å². The average Bonchev–Trinajstić information content (AvgIpc) is 3.19. The van der Waals surface area contributed by atoms with E-state index in [9.17, 15) is 9.59 Å². The maximum absolute atomic E-state index is 12.9. The molecule has 0 saturated carbocycles. The standard InChI is InChI=1S/C21H27N5O3/c1-15(12-26-14-22-13-23-26)20(28)24-17-11-21(8-7-19(27)25(2)10-9-21)29-18-6-4-3-5-16(17)18/h3-6,13-15,17H,7-12H2,1-2H3,(H,24,28)/t15-,17-,21-/m0/s1. The molecule has 4 rings (SSSR count). The summed E-state index contributed by atoms with van der Waals surface area (Å²) in [5.41, 5.74) is 0.547. The van der Waals surface area contributed by atoms with Gasteiger partial charge in [-0.2, -0.15) is 5.10 Å². The number of rotatable bonds is 4. The molecule has 2 aliphatic heterocycles. The number of carbonyl (C=O) groups excluding carboxylic acids is 2. The Labute approximate surface area is 170 Å². The van der Waals surface area contributed by atoms with Gasteiger partial charge in [0, 0.05) is 38.4 Å². The van der Waals surface area contributed by atoms with Gasteiger partial charge in [0.1, 0.15) is 24.0 Å². The molecule has 1 aromatic heterocycles. The zero-order valence-electron chi connectivity index (χ0n) is 16.9. The summed E-state index contributed by atoms with van der Waals surface area (Å²) in [5.74, 6) is 0.667. The molecule has 3 atom stereocenters. The Balaban J connectivity index is 1.53. The Hall–Kier alpha value is -2.90. The second-order valence-corrected chi connectivity index (χ2v) is 8.17. The highest BCUT2D eigenvalue weighted by Crippen LogP contribution is 2.44. The van der Waals surface area contributed by atoms with E-state index < -0.39 is 5.60 Å². The number of amides is 2. The van der Waals surface area contributed by atoms with Crippen molar-refractivity contribution in [3.05, 3.63) is 42.5 Å². The van der Waals surface area contributed by atoms with Gasteiger partial charge in [-0.05, 0) is 12.5 Å². The van der Waals surface area contributed by atoms with Crippen molar-refractivity contribution in [3.8, 4) is 5.75 Å². The van der Waals surface area contributed by atoms with Crippen molar-refractivity contribution in [1.29, 1.82) is 0 Å². The third-order valence-electron chi connectivity index (χ3n) is 6.01. The molecule has 29 heavy (non-hydrogen) atoms. The molecule has 0 aliphatic carbocycles. The molecular weight excluding hydrogens is 370 g/mol. The summed E-state index contributed by atoms with van der Waals surface area (Å²) in [4.78, 5) is 30.8. The van der Waals surface area contributed by atoms with E-state index in [0.29, 0.717) is 32.4 Å². The largest absolute Gasteiger partial charge is 0.487 e. The zero-order valence-corrected chi connectivity index (χ0v) is 16.9. The van der Waals surface area contributed by atoms with Gasteiger partial charge in [0.15, 0.2) is 0 Å². The lowest BCUT2D eigenvalue weighted by atomic mass is 9.82. The van der Waals surface area contributed by atoms with Crippen molar-refractivity contribution >= 4 is 11.8 Å². The van der Waals surface area contributed by atoms with Crippen LogP contribution < -0.4 is 10.1 Å². The van der Waals surface area contributed by atoms with Gasteiger partial charge in [0.25, 0.3) is 0 Å². The first kappa shape index (κ1) is 19.4. The minimum atomic E-state index is -0.443. The molecule has 3 heterocycles. The van der Waals surface area contributed by atoms with Gasteiger partial charge in [0.2, 0.25) is 11.8 Å². The van der Waals surface area contributed by atoms with Crippen LogP contribution in [0.1, 0.15) is 44.2 Å². The van der Waals surface area contributed by atoms with Gasteiger partial charge in [-0.15, -0.1) is 0 Å². The number of benzene rings is 1. The van der Waals surface area contributed by atoms with E-state index >= 15 is 0 Å². The molecule has 0 radical (unpaired) electrons. The van der Waals surface area contributed by atoms with Crippen LogP contribution in [0.25, 0.3) is 0 Å². The molecule has 2 aliphatic rings. The predicted octanol–water partition coefficient (Wildman–Crippen LogP) is 1.94. The third-order valence-corrected chi connectivity index (χ3v) is 6.01. The lowest BCUT2D eigenvalue weighted by molar-refractivity contribution is -0.129. The number of fused-ring (bicyclic) bond motifs is 1. The summed E-state index contributed by atoms with van der Waals surface area (Å²) in [6, 6.07) is 7.71. The molecular formula is C21H27N5O3. The molecule has 1 saturated heterocycles. The summed E-state index contributed by atoms with van der Waals surface area (Å²) in [7, 11) is 1.84. The van der Waals surface area contributed by atoms with Crippen molar-refractivity contribution in [2.24, 2.45) is 5.92 Å². The number of para-hydroxylation sites is 1. The van der Waals surface area contributed by atoms with Crippen LogP contribution in [0.2, 0.25) is 0 Å². The number of nitrogens with one attached hydrogen (secondary N) is 1. The second kappa shape index (κ2) is 7.85. The SMILES string of the molecule is C[C@@H](Cn1cncn1)C(=O)N[C@H]1C[C@@]2(CCC(=O)N(C)CC2)Oc2ccccc21. The fourth-order valence-corrected chi connectivity index (χ4v) is 4.20. The van der Waals surface area contributed by atoms with Crippen molar-refractivity contribution in [1.82, 2.24) is 25.0 Å². The number of likely N-dealkylation sites (tertiary alicyclic amines) is 1. The van der Waals surface area contributed by atoms with Crippen LogP contribution in [-0.2, 0) is 16.1 Å². The number of hydrogen-bond acceptors (Lipinski definition) is 5. The van der Waals surface area contributed by atoms with Crippen LogP contribution in [0.5, 0.6) is 5.75 Å². The Morgan fingerprint density at radius 1 is 1.38 bits per heavy atom. The average molecular weight is 397 g/mol. The Kier molecular flexibility index (Phi) is 5.25. The van der Waals surface area contributed by atoms with E-state index in [1.807, 2.05) is 38.2 Å². The second-order valence-electron chi connectivity index (χ2n) is 8.17. The van der Waals surface area contributed by atoms with Gasteiger partial charge in [-0.3, -0.25) is 14.3 Å². The van der Waals surface area contributed by atoms with Gasteiger partial charge in [-0.25, -0.2) is 4.98 Å². The van der Waals surface area contributed by atoms with Crippen LogP contribution >= 0.6 is 0 Å². The number of nitrogens with zero attached hydrogens (tertiary/aromatic N) is 4. The number of ether oxygens (including phenoxy) is 1. The minimum Gasteiger partial charge on any atom is -0.487 e. The molecule has 1 spiro atoms. The van der Waals surface area contributed by atoms with E-state index in [2.05, 4.69) is 15.4 Å². The smallest absolute Gasteiger partial charge is 0.225 e. The van der Waals surface area contributed by atoms with Gasteiger partial charge in [-0.1, -0.05) is 25.1 Å². The summed E-state index contributed by atoms with van der Waals surface area (Å²) in [5, 5.41) is 7.31. The van der Waals surface area contributed by atoms with Crippen molar-refractivity contribution in [2.45, 2.75) is 50.8 Å². The van der Waals surface area contributed by atoms with E-state index in [4.69, 9.17) is 4.74 Å². The molecule has 1 aromatic carbocycles. The monoisotopic (exact) mass is 397 g/mol. The van der Waals surface area contributed by atoms with Crippen LogP contribution in [-0.4, -0.2) is 50.7 Å². The topological polar surface area (TPSA) is 89.3 Å². The lowest BCUT2D eigenvalue weighted by Gasteiger charge is -2.42. The highest BCUT2D eigenvalue weighted by molar-refractivity contribution is 5.79. The molecule has 0 unspecified atom stereocenters. The highest BCUT2D eigenvalue weighted by atomic mass is 16.5. The van der Waals surface area contributed by atoms with Gasteiger partial charge >= 0.3 is 0 Å². The van der Waals surface area contributed by atoms with E-state index in [1.165, 1.54) is 6.33 Å².